The van der Waals surface area contributed by atoms with Crippen LogP contribution in [0, 0.1) is 0 Å². The van der Waals surface area contributed by atoms with E-state index in [2.05, 4.69) is 28.6 Å². The third-order valence-corrected chi connectivity index (χ3v) is 8.32. The highest BCUT2D eigenvalue weighted by molar-refractivity contribution is 7.80. The predicted molar refractivity (Wildman–Crippen MR) is 183 cm³/mol. The number of ether oxygens (including phenoxy) is 1. The van der Waals surface area contributed by atoms with Gasteiger partial charge in [-0.25, -0.2) is 9.59 Å². The summed E-state index contributed by atoms with van der Waals surface area (Å²) < 4.78 is 5.59. The Morgan fingerprint density at radius 2 is 1.30 bits per heavy atom. The van der Waals surface area contributed by atoms with Crippen LogP contribution in [-0.2, 0) is 33.5 Å². The number of hydrogen-bond donors (Lipinski definition) is 8. The molecule has 50 heavy (non-hydrogen) atoms. The molecule has 0 fully saturated rings. The molecule has 3 atom stereocenters. The van der Waals surface area contributed by atoms with Gasteiger partial charge in [-0.05, 0) is 53.7 Å². The summed E-state index contributed by atoms with van der Waals surface area (Å²) in [6.07, 6.45) is -0.418. The van der Waals surface area contributed by atoms with E-state index in [-0.39, 0.29) is 25.5 Å². The second-order valence-electron chi connectivity index (χ2n) is 11.7. The number of nitrogens with one attached hydrogen (secondary N) is 4. The molecule has 0 heterocycles. The fourth-order valence-electron chi connectivity index (χ4n) is 5.57. The Morgan fingerprint density at radius 1 is 0.700 bits per heavy atom. The van der Waals surface area contributed by atoms with Gasteiger partial charge in [0.05, 0.1) is 12.8 Å². The molecular weight excluding hydrogens is 672 g/mol. The first-order chi connectivity index (χ1) is 23.9. The van der Waals surface area contributed by atoms with Gasteiger partial charge in [0.1, 0.15) is 24.7 Å². The number of aliphatic carboxylic acids is 3. The van der Waals surface area contributed by atoms with Crippen molar-refractivity contribution in [2.24, 2.45) is 0 Å². The van der Waals surface area contributed by atoms with Gasteiger partial charge in [-0.15, -0.1) is 0 Å². The summed E-state index contributed by atoms with van der Waals surface area (Å²) in [5, 5.41) is 36.7. The summed E-state index contributed by atoms with van der Waals surface area (Å²) in [5.41, 5.74) is 4.32. The van der Waals surface area contributed by atoms with E-state index in [4.69, 9.17) is 20.1 Å². The quantitative estimate of drug-likeness (QED) is 0.0690. The van der Waals surface area contributed by atoms with Crippen molar-refractivity contribution in [2.75, 3.05) is 18.9 Å². The fourth-order valence-corrected chi connectivity index (χ4v) is 5.75. The molecule has 2 aromatic carbocycles. The van der Waals surface area contributed by atoms with Crippen molar-refractivity contribution in [2.45, 2.75) is 75.4 Å². The van der Waals surface area contributed by atoms with E-state index in [0.29, 0.717) is 37.9 Å². The van der Waals surface area contributed by atoms with Crippen LogP contribution in [0.2, 0.25) is 0 Å². The first-order valence-corrected chi connectivity index (χ1v) is 16.8. The number of carbonyl (C=O) groups is 7. The van der Waals surface area contributed by atoms with Gasteiger partial charge in [0.15, 0.2) is 0 Å². The van der Waals surface area contributed by atoms with Crippen molar-refractivity contribution in [3.63, 3.8) is 0 Å². The van der Waals surface area contributed by atoms with Crippen molar-refractivity contribution in [3.05, 3.63) is 59.7 Å². The van der Waals surface area contributed by atoms with Crippen LogP contribution in [0.3, 0.4) is 0 Å². The first kappa shape index (κ1) is 39.3. The summed E-state index contributed by atoms with van der Waals surface area (Å²) in [4.78, 5) is 83.9. The normalized spacial score (nSPS) is 13.5. The molecule has 3 rings (SSSR count). The standard InChI is InChI=1S/C34H42N4O11S/c39-28(36-26(17-29(40)41)32(45)37-27(33(46)47)18-30(42)43)14-2-1-7-15-35-31(44)25(13-8-16-50)38-34(48)49-19-24-22-11-5-3-9-20(22)21-10-4-6-12-23(21)24/h3-6,9-12,24-27,50H,1-2,7-8,13-19H2,(H,35,44)(H,36,39)(H,37,45)(H,38,48)(H,40,41)(H,42,43)(H,46,47). The van der Waals surface area contributed by atoms with Gasteiger partial charge >= 0.3 is 24.0 Å². The molecule has 16 heteroatoms. The lowest BCUT2D eigenvalue weighted by atomic mass is 9.98. The molecule has 2 aromatic rings. The Bertz CT molecular complexity index is 1510. The highest BCUT2D eigenvalue weighted by atomic mass is 32.1. The third kappa shape index (κ3) is 12.1. The van der Waals surface area contributed by atoms with Gasteiger partial charge < -0.3 is 41.3 Å². The van der Waals surface area contributed by atoms with E-state index >= 15 is 0 Å². The molecule has 7 N–H and O–H groups in total. The number of fused-ring (bicyclic) bond motifs is 3. The molecule has 3 unspecified atom stereocenters. The predicted octanol–water partition coefficient (Wildman–Crippen LogP) is 2.28. The number of benzene rings is 2. The number of unbranched alkanes of at least 4 members (excludes halogenated alkanes) is 2. The Hall–Kier alpha value is -5.12. The van der Waals surface area contributed by atoms with Gasteiger partial charge in [-0.2, -0.15) is 12.6 Å². The van der Waals surface area contributed by atoms with Crippen molar-refractivity contribution in [1.82, 2.24) is 21.3 Å². The Kier molecular flexibility index (Phi) is 15.5. The highest BCUT2D eigenvalue weighted by Gasteiger charge is 2.31. The molecule has 270 valence electrons. The van der Waals surface area contributed by atoms with Gasteiger partial charge in [0.25, 0.3) is 0 Å². The molecule has 0 aromatic heterocycles. The number of carboxylic acid groups (broad SMARTS) is 3. The highest BCUT2D eigenvalue weighted by Crippen LogP contribution is 2.44. The average molecular weight is 715 g/mol. The molecular formula is C34H42N4O11S. The molecule has 0 aliphatic heterocycles. The van der Waals surface area contributed by atoms with E-state index in [1.807, 2.05) is 53.8 Å². The lowest BCUT2D eigenvalue weighted by Crippen LogP contribution is -2.52. The molecule has 4 amide bonds. The van der Waals surface area contributed by atoms with Crippen LogP contribution in [0.25, 0.3) is 11.1 Å². The van der Waals surface area contributed by atoms with E-state index in [9.17, 15) is 33.6 Å². The van der Waals surface area contributed by atoms with Crippen molar-refractivity contribution in [1.29, 1.82) is 0 Å². The molecule has 0 spiro atoms. The molecule has 0 radical (unpaired) electrons. The van der Waals surface area contributed by atoms with E-state index in [1.165, 1.54) is 0 Å². The molecule has 0 saturated carbocycles. The van der Waals surface area contributed by atoms with Gasteiger partial charge in [0, 0.05) is 18.9 Å². The summed E-state index contributed by atoms with van der Waals surface area (Å²) in [5.74, 6) is -6.39. The largest absolute Gasteiger partial charge is 0.481 e. The fraction of sp³-hybridized carbons (Fsp3) is 0.441. The second-order valence-corrected chi connectivity index (χ2v) is 12.2. The molecule has 0 saturated heterocycles. The van der Waals surface area contributed by atoms with Gasteiger partial charge in [0.2, 0.25) is 17.7 Å². The number of amides is 4. The Morgan fingerprint density at radius 3 is 1.88 bits per heavy atom. The lowest BCUT2D eigenvalue weighted by molar-refractivity contribution is -0.148. The SMILES string of the molecule is O=C(O)CC(NC(=O)C(CC(=O)O)NC(=O)CCCCCNC(=O)C(CCCS)NC(=O)OCC1c2ccccc2-c2ccccc21)C(=O)O. The Balaban J connectivity index is 1.42. The van der Waals surface area contributed by atoms with Crippen molar-refractivity contribution >= 4 is 54.4 Å². The van der Waals surface area contributed by atoms with E-state index < -0.39 is 72.7 Å². The number of carboxylic acids is 3. The zero-order valence-corrected chi connectivity index (χ0v) is 28.2. The maximum Gasteiger partial charge on any atom is 0.407 e. The topological polar surface area (TPSA) is 238 Å². The minimum Gasteiger partial charge on any atom is -0.481 e. The van der Waals surface area contributed by atoms with Gasteiger partial charge in [-0.3, -0.25) is 24.0 Å². The van der Waals surface area contributed by atoms with Crippen LogP contribution < -0.4 is 21.3 Å². The average Bonchev–Trinajstić information content (AvgIpc) is 3.39. The smallest absolute Gasteiger partial charge is 0.407 e. The number of alkyl carbamates (subject to hydrolysis) is 1. The van der Waals surface area contributed by atoms with Crippen LogP contribution in [0.5, 0.6) is 0 Å². The zero-order valence-electron chi connectivity index (χ0n) is 27.3. The summed E-state index contributed by atoms with van der Waals surface area (Å²) >= 11 is 4.21. The minimum atomic E-state index is -1.81. The number of rotatable bonds is 21. The first-order valence-electron chi connectivity index (χ1n) is 16.2. The van der Waals surface area contributed by atoms with Crippen LogP contribution in [0.1, 0.15) is 68.4 Å². The van der Waals surface area contributed by atoms with Crippen LogP contribution in [-0.4, -0.2) is 94.1 Å². The van der Waals surface area contributed by atoms with E-state index in [0.717, 1.165) is 22.3 Å². The summed E-state index contributed by atoms with van der Waals surface area (Å²) in [7, 11) is 0. The molecule has 1 aliphatic carbocycles. The van der Waals surface area contributed by atoms with E-state index in [1.54, 1.807) is 0 Å². The van der Waals surface area contributed by atoms with Gasteiger partial charge in [-0.1, -0.05) is 55.0 Å². The summed E-state index contributed by atoms with van der Waals surface area (Å²) in [6.45, 7) is 0.345. The second kappa shape index (κ2) is 19.8. The maximum absolute atomic E-state index is 12.9. The molecule has 15 nitrogen and oxygen atoms in total. The number of hydrogen-bond acceptors (Lipinski definition) is 9. The maximum atomic E-state index is 12.9. The Labute approximate surface area is 293 Å². The lowest BCUT2D eigenvalue weighted by Gasteiger charge is -2.20. The number of carbonyl (C=O) groups excluding carboxylic acids is 4. The van der Waals surface area contributed by atoms with Crippen molar-refractivity contribution in [3.8, 4) is 11.1 Å². The monoisotopic (exact) mass is 714 g/mol. The molecule has 1 aliphatic rings. The minimum absolute atomic E-state index is 0.0945. The number of thiol groups is 1. The van der Waals surface area contributed by atoms with Crippen LogP contribution in [0.15, 0.2) is 48.5 Å². The molecule has 0 bridgehead atoms. The third-order valence-electron chi connectivity index (χ3n) is 8.01. The van der Waals surface area contributed by atoms with Crippen molar-refractivity contribution < 1.29 is 53.6 Å². The van der Waals surface area contributed by atoms with Crippen LogP contribution >= 0.6 is 12.6 Å². The zero-order chi connectivity index (χ0) is 36.6. The van der Waals surface area contributed by atoms with Crippen LogP contribution in [0.4, 0.5) is 4.79 Å². The summed E-state index contributed by atoms with van der Waals surface area (Å²) in [6, 6.07) is 11.6.